The summed E-state index contributed by atoms with van der Waals surface area (Å²) in [5, 5.41) is 16.8. The van der Waals surface area contributed by atoms with Gasteiger partial charge in [-0.25, -0.2) is 4.98 Å². The van der Waals surface area contributed by atoms with Crippen molar-refractivity contribution in [1.29, 1.82) is 0 Å². The second kappa shape index (κ2) is 9.50. The molecule has 0 radical (unpaired) electrons. The third-order valence-electron chi connectivity index (χ3n) is 4.40. The lowest BCUT2D eigenvalue weighted by Gasteiger charge is -2.09. The Bertz CT molecular complexity index is 1290. The maximum Gasteiger partial charge on any atom is 0.270 e. The highest BCUT2D eigenvalue weighted by Gasteiger charge is 2.13. The van der Waals surface area contributed by atoms with E-state index < -0.39 is 4.92 Å². The molecular formula is C22H16N4O4S2. The number of fused-ring (bicyclic) bond motifs is 1. The van der Waals surface area contributed by atoms with E-state index in [-0.39, 0.29) is 16.7 Å². The van der Waals surface area contributed by atoms with Gasteiger partial charge >= 0.3 is 0 Å². The fraction of sp³-hybridized carbons (Fsp3) is 0.0455. The van der Waals surface area contributed by atoms with Crippen molar-refractivity contribution in [3.05, 3.63) is 94.0 Å². The molecule has 0 fully saturated rings. The topological polar surface area (TPSA) is 106 Å². The number of ether oxygens (including phenoxy) is 1. The average Bonchev–Trinajstić information content (AvgIpc) is 3.19. The molecule has 0 aliphatic rings. The lowest BCUT2D eigenvalue weighted by Crippen LogP contribution is -2.34. The molecule has 0 atom stereocenters. The molecule has 8 nitrogen and oxygen atoms in total. The second-order valence-corrected chi connectivity index (χ2v) is 8.07. The van der Waals surface area contributed by atoms with Crippen molar-refractivity contribution in [3.63, 3.8) is 0 Å². The molecular weight excluding hydrogens is 448 g/mol. The number of nitro benzene ring substituents is 1. The molecule has 1 aromatic heterocycles. The molecule has 10 heteroatoms. The van der Waals surface area contributed by atoms with Gasteiger partial charge in [0.1, 0.15) is 12.4 Å². The number of benzene rings is 3. The predicted octanol–water partition coefficient (Wildman–Crippen LogP) is 4.91. The standard InChI is InChI=1S/C22H16N4O4S2/c27-20(15-6-9-17(10-7-15)30-13-14-4-2-1-3-5-14)24-21(31)25-22-23-18-11-8-16(26(28)29)12-19(18)32-22/h1-12H,13H2,(H2,23,24,25,27,31). The Labute approximate surface area is 192 Å². The van der Waals surface area contributed by atoms with E-state index in [0.29, 0.717) is 33.3 Å². The number of anilines is 1. The molecule has 0 saturated heterocycles. The Kier molecular flexibility index (Phi) is 6.34. The molecule has 0 aliphatic heterocycles. The van der Waals surface area contributed by atoms with Crippen molar-refractivity contribution in [2.75, 3.05) is 5.32 Å². The third-order valence-corrected chi connectivity index (χ3v) is 5.53. The Morgan fingerprint density at radius 1 is 1.09 bits per heavy atom. The lowest BCUT2D eigenvalue weighted by molar-refractivity contribution is -0.384. The monoisotopic (exact) mass is 464 g/mol. The molecule has 2 N–H and O–H groups in total. The maximum absolute atomic E-state index is 12.5. The molecule has 4 rings (SSSR count). The van der Waals surface area contributed by atoms with Gasteiger partial charge in [-0.05, 0) is 48.1 Å². The van der Waals surface area contributed by atoms with Crippen molar-refractivity contribution in [3.8, 4) is 5.75 Å². The van der Waals surface area contributed by atoms with Crippen LogP contribution in [0.1, 0.15) is 15.9 Å². The summed E-state index contributed by atoms with van der Waals surface area (Å²) in [6.07, 6.45) is 0. The first kappa shape index (κ1) is 21.3. The molecule has 3 aromatic carbocycles. The zero-order valence-electron chi connectivity index (χ0n) is 16.5. The summed E-state index contributed by atoms with van der Waals surface area (Å²) < 4.78 is 6.36. The number of nitro groups is 1. The quantitative estimate of drug-likeness (QED) is 0.237. The molecule has 4 aromatic rings. The molecule has 0 aliphatic carbocycles. The SMILES string of the molecule is O=C(NC(=S)Nc1nc2ccc([N+](=O)[O-])cc2s1)c1ccc(OCc2ccccc2)cc1. The first-order valence-electron chi connectivity index (χ1n) is 9.42. The first-order valence-corrected chi connectivity index (χ1v) is 10.6. The highest BCUT2D eigenvalue weighted by molar-refractivity contribution is 7.80. The van der Waals surface area contributed by atoms with Crippen LogP contribution in [-0.4, -0.2) is 20.9 Å². The number of nitrogens with one attached hydrogen (secondary N) is 2. The van der Waals surface area contributed by atoms with Crippen LogP contribution in [0.25, 0.3) is 10.2 Å². The maximum atomic E-state index is 12.5. The summed E-state index contributed by atoms with van der Waals surface area (Å²) in [5.41, 5.74) is 2.06. The van der Waals surface area contributed by atoms with Gasteiger partial charge in [-0.1, -0.05) is 41.7 Å². The minimum Gasteiger partial charge on any atom is -0.489 e. The number of carbonyl (C=O) groups excluding carboxylic acids is 1. The van der Waals surface area contributed by atoms with E-state index in [1.165, 1.54) is 23.5 Å². The van der Waals surface area contributed by atoms with Gasteiger partial charge in [0.15, 0.2) is 10.2 Å². The zero-order chi connectivity index (χ0) is 22.5. The van der Waals surface area contributed by atoms with Crippen LogP contribution in [0.3, 0.4) is 0 Å². The van der Waals surface area contributed by atoms with Crippen molar-refractivity contribution in [1.82, 2.24) is 10.3 Å². The smallest absolute Gasteiger partial charge is 0.270 e. The summed E-state index contributed by atoms with van der Waals surface area (Å²) >= 11 is 6.40. The van der Waals surface area contributed by atoms with Gasteiger partial charge in [-0.3, -0.25) is 20.2 Å². The number of thiazole rings is 1. The number of non-ortho nitro benzene ring substituents is 1. The van der Waals surface area contributed by atoms with E-state index >= 15 is 0 Å². The minimum atomic E-state index is -0.463. The van der Waals surface area contributed by atoms with Crippen molar-refractivity contribution >= 4 is 55.6 Å². The van der Waals surface area contributed by atoms with E-state index in [2.05, 4.69) is 15.6 Å². The van der Waals surface area contributed by atoms with Crippen LogP contribution in [0.5, 0.6) is 5.75 Å². The minimum absolute atomic E-state index is 0.0141. The van der Waals surface area contributed by atoms with Gasteiger partial charge in [-0.15, -0.1) is 0 Å². The highest BCUT2D eigenvalue weighted by atomic mass is 32.1. The van der Waals surface area contributed by atoms with Gasteiger partial charge in [0.2, 0.25) is 0 Å². The fourth-order valence-electron chi connectivity index (χ4n) is 2.83. The van der Waals surface area contributed by atoms with Crippen LogP contribution in [0.15, 0.2) is 72.8 Å². The summed E-state index contributed by atoms with van der Waals surface area (Å²) in [7, 11) is 0. The molecule has 0 unspecified atom stereocenters. The number of hydrogen-bond donors (Lipinski definition) is 2. The zero-order valence-corrected chi connectivity index (χ0v) is 18.1. The highest BCUT2D eigenvalue weighted by Crippen LogP contribution is 2.29. The summed E-state index contributed by atoms with van der Waals surface area (Å²) in [4.78, 5) is 27.2. The summed E-state index contributed by atoms with van der Waals surface area (Å²) in [6.45, 7) is 0.436. The Hall–Kier alpha value is -3.89. The molecule has 1 heterocycles. The van der Waals surface area contributed by atoms with Crippen LogP contribution >= 0.6 is 23.6 Å². The van der Waals surface area contributed by atoms with Crippen LogP contribution in [-0.2, 0) is 6.61 Å². The fourth-order valence-corrected chi connectivity index (χ4v) is 3.98. The third kappa shape index (κ3) is 5.23. The van der Waals surface area contributed by atoms with Gasteiger partial charge in [0, 0.05) is 17.7 Å². The second-order valence-electron chi connectivity index (χ2n) is 6.64. The molecule has 0 bridgehead atoms. The van der Waals surface area contributed by atoms with E-state index in [9.17, 15) is 14.9 Å². The number of hydrogen-bond acceptors (Lipinski definition) is 7. The van der Waals surface area contributed by atoms with Crippen molar-refractivity contribution < 1.29 is 14.5 Å². The molecule has 32 heavy (non-hydrogen) atoms. The lowest BCUT2D eigenvalue weighted by atomic mass is 10.2. The van der Waals surface area contributed by atoms with Crippen LogP contribution in [0, 0.1) is 10.1 Å². The first-order chi connectivity index (χ1) is 15.5. The van der Waals surface area contributed by atoms with Gasteiger partial charge in [0.25, 0.3) is 11.6 Å². The van der Waals surface area contributed by atoms with Crippen molar-refractivity contribution in [2.24, 2.45) is 0 Å². The number of amides is 1. The molecule has 160 valence electrons. The molecule has 0 saturated carbocycles. The largest absolute Gasteiger partial charge is 0.489 e. The molecule has 1 amide bonds. The number of nitrogens with zero attached hydrogens (tertiary/aromatic N) is 2. The van der Waals surface area contributed by atoms with Gasteiger partial charge in [-0.2, -0.15) is 0 Å². The number of thiocarbonyl (C=S) groups is 1. The number of rotatable bonds is 6. The van der Waals surface area contributed by atoms with Crippen LogP contribution in [0.2, 0.25) is 0 Å². The number of carbonyl (C=O) groups is 1. The van der Waals surface area contributed by atoms with E-state index in [1.54, 1.807) is 30.3 Å². The van der Waals surface area contributed by atoms with E-state index in [0.717, 1.165) is 5.56 Å². The summed E-state index contributed by atoms with van der Waals surface area (Å²) in [5.74, 6) is 0.267. The van der Waals surface area contributed by atoms with E-state index in [4.69, 9.17) is 17.0 Å². The van der Waals surface area contributed by atoms with Crippen molar-refractivity contribution in [2.45, 2.75) is 6.61 Å². The van der Waals surface area contributed by atoms with Crippen LogP contribution < -0.4 is 15.4 Å². The average molecular weight is 465 g/mol. The Balaban J connectivity index is 1.33. The Morgan fingerprint density at radius 3 is 2.56 bits per heavy atom. The van der Waals surface area contributed by atoms with Gasteiger partial charge < -0.3 is 10.1 Å². The van der Waals surface area contributed by atoms with Crippen LogP contribution in [0.4, 0.5) is 10.8 Å². The normalized spacial score (nSPS) is 10.5. The number of aromatic nitrogens is 1. The molecule has 0 spiro atoms. The van der Waals surface area contributed by atoms with E-state index in [1.807, 2.05) is 30.3 Å². The summed E-state index contributed by atoms with van der Waals surface area (Å²) in [6, 6.07) is 20.9. The predicted molar refractivity (Wildman–Crippen MR) is 127 cm³/mol. The Morgan fingerprint density at radius 2 is 1.84 bits per heavy atom. The van der Waals surface area contributed by atoms with Gasteiger partial charge in [0.05, 0.1) is 15.1 Å².